The second-order valence-corrected chi connectivity index (χ2v) is 6.81. The average molecular weight is 313 g/mol. The molecule has 1 aliphatic rings. The number of likely N-dealkylation sites (N-methyl/N-ethyl adjacent to an activating group) is 1. The third kappa shape index (κ3) is 4.14. The van der Waals surface area contributed by atoms with E-state index in [4.69, 9.17) is 11.6 Å². The van der Waals surface area contributed by atoms with Gasteiger partial charge in [0.1, 0.15) is 0 Å². The van der Waals surface area contributed by atoms with E-state index in [0.717, 1.165) is 42.5 Å². The molecule has 0 saturated carbocycles. The first-order chi connectivity index (χ1) is 9.60. The van der Waals surface area contributed by atoms with Gasteiger partial charge in [-0.1, -0.05) is 18.5 Å². The molecular weight excluding hydrogens is 292 g/mol. The molecule has 1 fully saturated rings. The van der Waals surface area contributed by atoms with E-state index in [1.807, 2.05) is 29.2 Å². The van der Waals surface area contributed by atoms with Gasteiger partial charge in [0, 0.05) is 36.1 Å². The lowest BCUT2D eigenvalue weighted by Crippen LogP contribution is -2.49. The molecule has 3 nitrogen and oxygen atoms in total. The predicted octanol–water partition coefficient (Wildman–Crippen LogP) is 2.98. The smallest absolute Gasteiger partial charge is 0.236 e. The lowest BCUT2D eigenvalue weighted by Gasteiger charge is -2.34. The number of thioether (sulfide) groups is 1. The number of rotatable bonds is 4. The standard InChI is InChI=1S/C15H21ClN2OS/c1-3-14(20-13-6-4-12(16)5-7-13)15(19)18-10-8-17(2)9-11-18/h4-7,14H,3,8-11H2,1-2H3. The molecule has 110 valence electrons. The van der Waals surface area contributed by atoms with Crippen LogP contribution in [0.3, 0.4) is 0 Å². The first kappa shape index (κ1) is 15.7. The number of piperazine rings is 1. The first-order valence-corrected chi connectivity index (χ1v) is 8.25. The second kappa shape index (κ2) is 7.34. The molecule has 0 aromatic heterocycles. The number of hydrogen-bond acceptors (Lipinski definition) is 3. The molecule has 0 radical (unpaired) electrons. The summed E-state index contributed by atoms with van der Waals surface area (Å²) in [4.78, 5) is 17.9. The summed E-state index contributed by atoms with van der Waals surface area (Å²) in [5.74, 6) is 0.264. The molecule has 1 saturated heterocycles. The SMILES string of the molecule is CCC(Sc1ccc(Cl)cc1)C(=O)N1CCN(C)CC1. The highest BCUT2D eigenvalue weighted by Crippen LogP contribution is 2.28. The van der Waals surface area contributed by atoms with Crippen molar-refractivity contribution in [3.63, 3.8) is 0 Å². The summed E-state index contributed by atoms with van der Waals surface area (Å²) in [6.45, 7) is 5.68. The molecule has 5 heteroatoms. The summed E-state index contributed by atoms with van der Waals surface area (Å²) in [5.41, 5.74) is 0. The molecule has 0 bridgehead atoms. The normalized spacial score (nSPS) is 18.1. The van der Waals surface area contributed by atoms with Crippen LogP contribution < -0.4 is 0 Å². The molecule has 1 aromatic rings. The fourth-order valence-electron chi connectivity index (χ4n) is 2.22. The van der Waals surface area contributed by atoms with Crippen LogP contribution in [0.2, 0.25) is 5.02 Å². The minimum atomic E-state index is -0.000387. The van der Waals surface area contributed by atoms with Crippen LogP contribution >= 0.6 is 23.4 Å². The zero-order chi connectivity index (χ0) is 14.5. The largest absolute Gasteiger partial charge is 0.339 e. The Kier molecular flexibility index (Phi) is 5.75. The number of hydrogen-bond donors (Lipinski definition) is 0. The maximum atomic E-state index is 12.6. The summed E-state index contributed by atoms with van der Waals surface area (Å²) in [5, 5.41) is 0.729. The van der Waals surface area contributed by atoms with Crippen molar-refractivity contribution in [3.05, 3.63) is 29.3 Å². The van der Waals surface area contributed by atoms with Gasteiger partial charge in [0.15, 0.2) is 0 Å². The van der Waals surface area contributed by atoms with Gasteiger partial charge < -0.3 is 9.80 Å². The van der Waals surface area contributed by atoms with Crippen molar-refractivity contribution in [2.45, 2.75) is 23.5 Å². The Hall–Kier alpha value is -0.710. The molecule has 0 spiro atoms. The lowest BCUT2D eigenvalue weighted by molar-refractivity contribution is -0.132. The Morgan fingerprint density at radius 2 is 1.85 bits per heavy atom. The van der Waals surface area contributed by atoms with Gasteiger partial charge in [0.2, 0.25) is 5.91 Å². The first-order valence-electron chi connectivity index (χ1n) is 6.99. The summed E-state index contributed by atoms with van der Waals surface area (Å²) >= 11 is 7.53. The van der Waals surface area contributed by atoms with Gasteiger partial charge in [-0.3, -0.25) is 4.79 Å². The van der Waals surface area contributed by atoms with Crippen molar-refractivity contribution in [3.8, 4) is 0 Å². The topological polar surface area (TPSA) is 23.6 Å². The van der Waals surface area contributed by atoms with Gasteiger partial charge in [0.05, 0.1) is 5.25 Å². The van der Waals surface area contributed by atoms with Crippen LogP contribution in [0.5, 0.6) is 0 Å². The Bertz CT molecular complexity index is 444. The highest BCUT2D eigenvalue weighted by molar-refractivity contribution is 8.00. The Labute approximate surface area is 130 Å². The van der Waals surface area contributed by atoms with Gasteiger partial charge >= 0.3 is 0 Å². The Morgan fingerprint density at radius 3 is 2.40 bits per heavy atom. The fourth-order valence-corrected chi connectivity index (χ4v) is 3.38. The third-order valence-corrected chi connectivity index (χ3v) is 5.17. The van der Waals surface area contributed by atoms with Gasteiger partial charge in [0.25, 0.3) is 0 Å². The van der Waals surface area contributed by atoms with E-state index in [-0.39, 0.29) is 11.2 Å². The zero-order valence-electron chi connectivity index (χ0n) is 12.0. The molecule has 0 N–H and O–H groups in total. The van der Waals surface area contributed by atoms with Crippen LogP contribution in [-0.4, -0.2) is 54.2 Å². The van der Waals surface area contributed by atoms with Crippen LogP contribution in [0.15, 0.2) is 29.2 Å². The molecule has 1 amide bonds. The molecule has 1 heterocycles. The monoisotopic (exact) mass is 312 g/mol. The Balaban J connectivity index is 1.97. The molecule has 2 rings (SSSR count). The highest BCUT2D eigenvalue weighted by Gasteiger charge is 2.26. The van der Waals surface area contributed by atoms with Crippen molar-refractivity contribution in [1.29, 1.82) is 0 Å². The second-order valence-electron chi connectivity index (χ2n) is 5.10. The number of benzene rings is 1. The maximum absolute atomic E-state index is 12.6. The highest BCUT2D eigenvalue weighted by atomic mass is 35.5. The van der Waals surface area contributed by atoms with E-state index in [1.54, 1.807) is 11.8 Å². The van der Waals surface area contributed by atoms with Crippen LogP contribution in [0.25, 0.3) is 0 Å². The van der Waals surface area contributed by atoms with Crippen LogP contribution in [-0.2, 0) is 4.79 Å². The maximum Gasteiger partial charge on any atom is 0.236 e. The predicted molar refractivity (Wildman–Crippen MR) is 85.5 cm³/mol. The van der Waals surface area contributed by atoms with Crippen LogP contribution in [0.4, 0.5) is 0 Å². The summed E-state index contributed by atoms with van der Waals surface area (Å²) in [6.07, 6.45) is 0.846. The van der Waals surface area contributed by atoms with E-state index in [9.17, 15) is 4.79 Å². The minimum Gasteiger partial charge on any atom is -0.339 e. The van der Waals surface area contributed by atoms with Gasteiger partial charge in [-0.05, 0) is 37.7 Å². The van der Waals surface area contributed by atoms with Crippen molar-refractivity contribution >= 4 is 29.3 Å². The average Bonchev–Trinajstić information content (AvgIpc) is 2.47. The third-order valence-electron chi connectivity index (χ3n) is 3.55. The molecule has 1 aliphatic heterocycles. The molecule has 1 aromatic carbocycles. The number of amides is 1. The van der Waals surface area contributed by atoms with Crippen LogP contribution in [0.1, 0.15) is 13.3 Å². The van der Waals surface area contributed by atoms with E-state index in [1.165, 1.54) is 0 Å². The molecule has 20 heavy (non-hydrogen) atoms. The number of carbonyl (C=O) groups excluding carboxylic acids is 1. The summed E-state index contributed by atoms with van der Waals surface area (Å²) in [6, 6.07) is 7.70. The minimum absolute atomic E-state index is 0.000387. The number of halogens is 1. The summed E-state index contributed by atoms with van der Waals surface area (Å²) < 4.78 is 0. The van der Waals surface area contributed by atoms with Gasteiger partial charge in [-0.25, -0.2) is 0 Å². The zero-order valence-corrected chi connectivity index (χ0v) is 13.6. The van der Waals surface area contributed by atoms with E-state index < -0.39 is 0 Å². The number of nitrogens with zero attached hydrogens (tertiary/aromatic N) is 2. The fraction of sp³-hybridized carbons (Fsp3) is 0.533. The Morgan fingerprint density at radius 1 is 1.25 bits per heavy atom. The van der Waals surface area contributed by atoms with Crippen LogP contribution in [0, 0.1) is 0 Å². The number of carbonyl (C=O) groups is 1. The van der Waals surface area contributed by atoms with Gasteiger partial charge in [-0.15, -0.1) is 11.8 Å². The summed E-state index contributed by atoms with van der Waals surface area (Å²) in [7, 11) is 2.10. The molecule has 1 atom stereocenters. The van der Waals surface area contributed by atoms with E-state index in [0.29, 0.717) is 0 Å². The van der Waals surface area contributed by atoms with E-state index in [2.05, 4.69) is 18.9 Å². The van der Waals surface area contributed by atoms with Crippen molar-refractivity contribution < 1.29 is 4.79 Å². The molecular formula is C15H21ClN2OS. The quantitative estimate of drug-likeness (QED) is 0.799. The van der Waals surface area contributed by atoms with Crippen molar-refractivity contribution in [1.82, 2.24) is 9.80 Å². The van der Waals surface area contributed by atoms with Crippen molar-refractivity contribution in [2.75, 3.05) is 33.2 Å². The van der Waals surface area contributed by atoms with Crippen molar-refractivity contribution in [2.24, 2.45) is 0 Å². The lowest BCUT2D eigenvalue weighted by atomic mass is 10.2. The molecule has 1 unspecified atom stereocenters. The molecule has 0 aliphatic carbocycles. The van der Waals surface area contributed by atoms with Gasteiger partial charge in [-0.2, -0.15) is 0 Å². The van der Waals surface area contributed by atoms with E-state index >= 15 is 0 Å².